The Labute approximate surface area is 191 Å². The summed E-state index contributed by atoms with van der Waals surface area (Å²) in [7, 11) is 0. The molecule has 4 fully saturated rings. The monoisotopic (exact) mass is 448 g/mol. The standard InChI is InChI=1S/C26H40O6/c1-15-7-10-26(4)19(5-6-20(26)22(28)13-31-16(2)27)18(15)12-23-21-11-17(24(29)30)8-9-25(21,3)14-32-23/h15,17-21,23H,5-14H2,1-4H3,(H,29,30). The van der Waals surface area contributed by atoms with Crippen LogP contribution in [0.15, 0.2) is 0 Å². The highest BCUT2D eigenvalue weighted by atomic mass is 16.5. The zero-order valence-corrected chi connectivity index (χ0v) is 20.1. The minimum atomic E-state index is -0.666. The molecule has 1 saturated heterocycles. The third-order valence-electron chi connectivity index (χ3n) is 10.0. The van der Waals surface area contributed by atoms with E-state index in [9.17, 15) is 19.5 Å². The van der Waals surface area contributed by atoms with E-state index in [4.69, 9.17) is 9.47 Å². The molecule has 3 saturated carbocycles. The van der Waals surface area contributed by atoms with Crippen molar-refractivity contribution in [1.29, 1.82) is 0 Å². The summed E-state index contributed by atoms with van der Waals surface area (Å²) in [6, 6.07) is 0. The SMILES string of the molecule is CC(=O)OCC(=O)C1CCC2C(CC3OCC4(C)CCC(C(=O)O)CC34)C(C)CCC12C. The van der Waals surface area contributed by atoms with Gasteiger partial charge in [0.15, 0.2) is 5.78 Å². The van der Waals surface area contributed by atoms with Crippen LogP contribution in [0.5, 0.6) is 0 Å². The molecule has 3 aliphatic carbocycles. The van der Waals surface area contributed by atoms with Gasteiger partial charge in [0.1, 0.15) is 6.61 Å². The van der Waals surface area contributed by atoms with Gasteiger partial charge >= 0.3 is 11.9 Å². The largest absolute Gasteiger partial charge is 0.481 e. The molecule has 0 spiro atoms. The normalized spacial score (nSPS) is 45.7. The van der Waals surface area contributed by atoms with Gasteiger partial charge in [-0.15, -0.1) is 0 Å². The van der Waals surface area contributed by atoms with Crippen molar-refractivity contribution in [1.82, 2.24) is 0 Å². The molecule has 4 rings (SSSR count). The predicted molar refractivity (Wildman–Crippen MR) is 119 cm³/mol. The number of aliphatic carboxylic acids is 1. The summed E-state index contributed by atoms with van der Waals surface area (Å²) in [6.07, 6.45) is 7.55. The lowest BCUT2D eigenvalue weighted by Gasteiger charge is -2.49. The maximum absolute atomic E-state index is 12.9. The van der Waals surface area contributed by atoms with Crippen molar-refractivity contribution in [2.75, 3.05) is 13.2 Å². The molecule has 9 atom stereocenters. The number of carbonyl (C=O) groups is 3. The Morgan fingerprint density at radius 1 is 1.06 bits per heavy atom. The fraction of sp³-hybridized carbons (Fsp3) is 0.885. The van der Waals surface area contributed by atoms with Crippen LogP contribution in [-0.2, 0) is 23.9 Å². The minimum Gasteiger partial charge on any atom is -0.481 e. The molecule has 6 heteroatoms. The number of hydrogen-bond donors (Lipinski definition) is 1. The maximum atomic E-state index is 12.9. The number of Topliss-reactive ketones (excluding diaryl/α,β-unsaturated/α-hetero) is 1. The summed E-state index contributed by atoms with van der Waals surface area (Å²) in [4.78, 5) is 35.8. The van der Waals surface area contributed by atoms with Crippen LogP contribution in [0.25, 0.3) is 0 Å². The van der Waals surface area contributed by atoms with E-state index in [2.05, 4.69) is 20.8 Å². The van der Waals surface area contributed by atoms with Crippen LogP contribution in [0.2, 0.25) is 0 Å². The predicted octanol–water partition coefficient (Wildman–Crippen LogP) is 4.49. The lowest BCUT2D eigenvalue weighted by Crippen LogP contribution is -2.45. The Bertz CT molecular complexity index is 763. The molecule has 0 aromatic heterocycles. The number of carboxylic acids is 1. The van der Waals surface area contributed by atoms with E-state index in [0.717, 1.165) is 58.0 Å². The number of ketones is 1. The second-order valence-corrected chi connectivity index (χ2v) is 11.8. The minimum absolute atomic E-state index is 0.0392. The van der Waals surface area contributed by atoms with E-state index in [-0.39, 0.29) is 41.2 Å². The van der Waals surface area contributed by atoms with Gasteiger partial charge in [0.05, 0.1) is 18.6 Å². The van der Waals surface area contributed by atoms with E-state index in [0.29, 0.717) is 23.7 Å². The molecule has 0 aromatic rings. The van der Waals surface area contributed by atoms with Crippen molar-refractivity contribution in [3.05, 3.63) is 0 Å². The Hall–Kier alpha value is -1.43. The van der Waals surface area contributed by atoms with Gasteiger partial charge in [-0.1, -0.05) is 20.8 Å². The number of carboxylic acid groups (broad SMARTS) is 1. The van der Waals surface area contributed by atoms with E-state index in [1.54, 1.807) is 0 Å². The molecular weight excluding hydrogens is 408 g/mol. The zero-order valence-electron chi connectivity index (χ0n) is 20.1. The highest BCUT2D eigenvalue weighted by Gasteiger charge is 2.57. The van der Waals surface area contributed by atoms with E-state index in [1.165, 1.54) is 6.92 Å². The summed E-state index contributed by atoms with van der Waals surface area (Å²) in [6.45, 7) is 8.88. The van der Waals surface area contributed by atoms with Gasteiger partial charge in [0.2, 0.25) is 0 Å². The van der Waals surface area contributed by atoms with Gasteiger partial charge in [-0.05, 0) is 85.9 Å². The van der Waals surface area contributed by atoms with Gasteiger partial charge in [-0.25, -0.2) is 0 Å². The molecule has 0 bridgehead atoms. The van der Waals surface area contributed by atoms with Crippen molar-refractivity contribution in [3.8, 4) is 0 Å². The third-order valence-corrected chi connectivity index (χ3v) is 10.0. The lowest BCUT2D eigenvalue weighted by molar-refractivity contribution is -0.149. The molecule has 0 radical (unpaired) electrons. The summed E-state index contributed by atoms with van der Waals surface area (Å²) in [5, 5.41) is 9.60. The summed E-state index contributed by atoms with van der Waals surface area (Å²) in [5.74, 6) is 0.543. The molecular formula is C26H40O6. The number of esters is 1. The van der Waals surface area contributed by atoms with Crippen LogP contribution in [0, 0.1) is 46.3 Å². The topological polar surface area (TPSA) is 89.9 Å². The summed E-state index contributed by atoms with van der Waals surface area (Å²) < 4.78 is 11.4. The van der Waals surface area contributed by atoms with Crippen LogP contribution >= 0.6 is 0 Å². The van der Waals surface area contributed by atoms with E-state index >= 15 is 0 Å². The fourth-order valence-corrected chi connectivity index (χ4v) is 7.99. The smallest absolute Gasteiger partial charge is 0.306 e. The lowest BCUT2D eigenvalue weighted by atomic mass is 9.56. The molecule has 1 aliphatic heterocycles. The van der Waals surface area contributed by atoms with Crippen molar-refractivity contribution >= 4 is 17.7 Å². The molecule has 0 aromatic carbocycles. The first kappa shape index (κ1) is 23.7. The first-order valence-corrected chi connectivity index (χ1v) is 12.6. The number of fused-ring (bicyclic) bond motifs is 2. The Morgan fingerprint density at radius 2 is 1.81 bits per heavy atom. The molecule has 180 valence electrons. The van der Waals surface area contributed by atoms with Gasteiger partial charge in [0, 0.05) is 12.8 Å². The molecule has 1 N–H and O–H groups in total. The average molecular weight is 449 g/mol. The highest BCUT2D eigenvalue weighted by molar-refractivity contribution is 5.85. The second kappa shape index (κ2) is 8.73. The first-order valence-electron chi connectivity index (χ1n) is 12.6. The van der Waals surface area contributed by atoms with Crippen LogP contribution < -0.4 is 0 Å². The molecule has 32 heavy (non-hydrogen) atoms. The third kappa shape index (κ3) is 4.12. The number of hydrogen-bond acceptors (Lipinski definition) is 5. The van der Waals surface area contributed by atoms with Gasteiger partial charge < -0.3 is 14.6 Å². The Kier molecular flexibility index (Phi) is 6.47. The number of rotatable bonds is 6. The van der Waals surface area contributed by atoms with Gasteiger partial charge in [-0.3, -0.25) is 14.4 Å². The van der Waals surface area contributed by atoms with Crippen LogP contribution in [0.3, 0.4) is 0 Å². The summed E-state index contributed by atoms with van der Waals surface area (Å²) in [5.41, 5.74) is 0.0442. The van der Waals surface area contributed by atoms with Gasteiger partial charge in [-0.2, -0.15) is 0 Å². The highest BCUT2D eigenvalue weighted by Crippen LogP contribution is 2.61. The maximum Gasteiger partial charge on any atom is 0.306 e. The number of carbonyl (C=O) groups excluding carboxylic acids is 2. The fourth-order valence-electron chi connectivity index (χ4n) is 7.99. The Morgan fingerprint density at radius 3 is 2.50 bits per heavy atom. The van der Waals surface area contributed by atoms with Crippen molar-refractivity contribution in [2.45, 2.75) is 85.2 Å². The van der Waals surface area contributed by atoms with Crippen LogP contribution in [0.4, 0.5) is 0 Å². The molecule has 6 nitrogen and oxygen atoms in total. The van der Waals surface area contributed by atoms with Crippen molar-refractivity contribution in [2.24, 2.45) is 46.3 Å². The quantitative estimate of drug-likeness (QED) is 0.602. The van der Waals surface area contributed by atoms with Crippen molar-refractivity contribution in [3.63, 3.8) is 0 Å². The van der Waals surface area contributed by atoms with Crippen molar-refractivity contribution < 1.29 is 29.0 Å². The van der Waals surface area contributed by atoms with Gasteiger partial charge in [0.25, 0.3) is 0 Å². The average Bonchev–Trinajstić information content (AvgIpc) is 3.25. The second-order valence-electron chi connectivity index (χ2n) is 11.8. The zero-order chi connectivity index (χ0) is 23.3. The summed E-state index contributed by atoms with van der Waals surface area (Å²) >= 11 is 0. The first-order chi connectivity index (χ1) is 15.0. The molecule has 0 amide bonds. The van der Waals surface area contributed by atoms with Crippen LogP contribution in [-0.4, -0.2) is 42.1 Å². The molecule has 4 aliphatic rings. The molecule has 1 heterocycles. The number of ether oxygens (including phenoxy) is 2. The van der Waals surface area contributed by atoms with E-state index < -0.39 is 11.9 Å². The van der Waals surface area contributed by atoms with Crippen LogP contribution in [0.1, 0.15) is 79.1 Å². The Balaban J connectivity index is 1.48. The molecule has 9 unspecified atom stereocenters. The van der Waals surface area contributed by atoms with E-state index in [1.807, 2.05) is 0 Å².